The highest BCUT2D eigenvalue weighted by atomic mass is 32.2. The molecule has 9 nitrogen and oxygen atoms in total. The van der Waals surface area contributed by atoms with Crippen LogP contribution in [0.15, 0.2) is 69.9 Å². The quantitative estimate of drug-likeness (QED) is 0.347. The Morgan fingerprint density at radius 3 is 2.67 bits per heavy atom. The summed E-state index contributed by atoms with van der Waals surface area (Å²) in [4.78, 5) is 35.6. The van der Waals surface area contributed by atoms with E-state index >= 15 is 0 Å². The number of thioether (sulfide) groups is 1. The highest BCUT2D eigenvalue weighted by molar-refractivity contribution is 8.14. The summed E-state index contributed by atoms with van der Waals surface area (Å²) in [6.45, 7) is 0. The SMILES string of the molecule is C[n+]1noc([O-])c1C(=O)CSC1=N/C(=C/c2ccccn2)C(=O)N1c1ccccc1. The van der Waals surface area contributed by atoms with Gasteiger partial charge in [0, 0.05) is 6.20 Å². The van der Waals surface area contributed by atoms with Gasteiger partial charge in [0.05, 0.1) is 22.4 Å². The number of aromatic nitrogens is 3. The maximum atomic E-state index is 13.0. The van der Waals surface area contributed by atoms with Crippen LogP contribution < -0.4 is 14.7 Å². The Morgan fingerprint density at radius 2 is 2.00 bits per heavy atom. The molecule has 2 aromatic heterocycles. The Labute approximate surface area is 175 Å². The van der Waals surface area contributed by atoms with Crippen molar-refractivity contribution in [1.82, 2.24) is 10.3 Å². The topological polar surface area (TPSA) is 116 Å². The lowest BCUT2D eigenvalue weighted by Crippen LogP contribution is -2.38. The van der Waals surface area contributed by atoms with Crippen molar-refractivity contribution in [3.8, 4) is 5.95 Å². The minimum Gasteiger partial charge on any atom is -0.539 e. The summed E-state index contributed by atoms with van der Waals surface area (Å²) in [7, 11) is 1.45. The van der Waals surface area contributed by atoms with Crippen molar-refractivity contribution in [3.05, 3.63) is 71.8 Å². The number of pyridine rings is 1. The second kappa shape index (κ2) is 8.29. The maximum absolute atomic E-state index is 13.0. The number of amides is 1. The fourth-order valence-electron chi connectivity index (χ4n) is 2.81. The third-order valence-electron chi connectivity index (χ3n) is 4.18. The smallest absolute Gasteiger partial charge is 0.300 e. The lowest BCUT2D eigenvalue weighted by Gasteiger charge is -2.17. The number of hydrogen-bond donors (Lipinski definition) is 0. The number of para-hydroxylation sites is 1. The number of carbonyl (C=O) groups is 2. The molecule has 1 aliphatic heterocycles. The van der Waals surface area contributed by atoms with Gasteiger partial charge in [0.1, 0.15) is 5.70 Å². The molecule has 0 fully saturated rings. The van der Waals surface area contributed by atoms with Crippen molar-refractivity contribution in [2.75, 3.05) is 10.7 Å². The molecular weight excluding hydrogens is 406 g/mol. The highest BCUT2D eigenvalue weighted by Crippen LogP contribution is 2.29. The fourth-order valence-corrected chi connectivity index (χ4v) is 3.68. The minimum absolute atomic E-state index is 0.114. The summed E-state index contributed by atoms with van der Waals surface area (Å²) in [5, 5.41) is 15.4. The van der Waals surface area contributed by atoms with Crippen LogP contribution in [0.5, 0.6) is 5.95 Å². The number of anilines is 1. The van der Waals surface area contributed by atoms with Gasteiger partial charge in [-0.3, -0.25) is 19.5 Å². The molecule has 4 rings (SSSR count). The number of ketones is 1. The number of carbonyl (C=O) groups excluding carboxylic acids is 2. The van der Waals surface area contributed by atoms with E-state index in [0.29, 0.717) is 16.5 Å². The molecule has 0 radical (unpaired) electrons. The molecule has 150 valence electrons. The molecule has 3 heterocycles. The van der Waals surface area contributed by atoms with Crippen molar-refractivity contribution in [3.63, 3.8) is 0 Å². The molecular formula is C20H15N5O4S. The predicted molar refractivity (Wildman–Crippen MR) is 107 cm³/mol. The third-order valence-corrected chi connectivity index (χ3v) is 5.11. The number of aliphatic imine (C=N–C) groups is 1. The van der Waals surface area contributed by atoms with Gasteiger partial charge in [0.2, 0.25) is 5.78 Å². The molecule has 0 bridgehead atoms. The first-order chi connectivity index (χ1) is 14.5. The molecule has 0 atom stereocenters. The van der Waals surface area contributed by atoms with E-state index in [1.807, 2.05) is 12.1 Å². The largest absolute Gasteiger partial charge is 0.539 e. The van der Waals surface area contributed by atoms with E-state index < -0.39 is 11.7 Å². The zero-order chi connectivity index (χ0) is 21.1. The number of Topliss-reactive ketones (excluding diaryl/α,β-unsaturated/α-hetero) is 1. The van der Waals surface area contributed by atoms with Crippen LogP contribution in [0.3, 0.4) is 0 Å². The summed E-state index contributed by atoms with van der Waals surface area (Å²) < 4.78 is 5.59. The molecule has 0 saturated carbocycles. The lowest BCUT2D eigenvalue weighted by molar-refractivity contribution is -0.741. The molecule has 0 spiro atoms. The molecule has 0 saturated heterocycles. The number of aryl methyl sites for hydroxylation is 1. The van der Waals surface area contributed by atoms with Crippen molar-refractivity contribution >= 4 is 40.4 Å². The Kier molecular flexibility index (Phi) is 5.40. The van der Waals surface area contributed by atoms with Gasteiger partial charge < -0.3 is 9.63 Å². The number of hydrogen-bond acceptors (Lipinski definition) is 8. The Balaban J connectivity index is 1.63. The molecule has 1 aromatic carbocycles. The van der Waals surface area contributed by atoms with Gasteiger partial charge in [-0.05, 0) is 30.3 Å². The van der Waals surface area contributed by atoms with Crippen LogP contribution in [-0.4, -0.2) is 32.9 Å². The van der Waals surface area contributed by atoms with Gasteiger partial charge in [-0.15, -0.1) is 0 Å². The van der Waals surface area contributed by atoms with Crippen LogP contribution in [0.4, 0.5) is 5.69 Å². The number of rotatable bonds is 5. The molecule has 10 heteroatoms. The molecule has 3 aromatic rings. The summed E-state index contributed by atoms with van der Waals surface area (Å²) in [6.07, 6.45) is 3.21. The van der Waals surface area contributed by atoms with Crippen molar-refractivity contribution in [2.45, 2.75) is 0 Å². The van der Waals surface area contributed by atoms with Crippen molar-refractivity contribution in [1.29, 1.82) is 0 Å². The van der Waals surface area contributed by atoms with E-state index in [4.69, 9.17) is 0 Å². The van der Waals surface area contributed by atoms with E-state index in [1.165, 1.54) is 11.9 Å². The molecule has 0 unspecified atom stereocenters. The van der Waals surface area contributed by atoms with Gasteiger partial charge >= 0.3 is 0 Å². The average Bonchev–Trinajstić information content (AvgIpc) is 3.26. The summed E-state index contributed by atoms with van der Waals surface area (Å²) in [5.41, 5.74) is 1.24. The molecule has 1 amide bonds. The van der Waals surface area contributed by atoms with Gasteiger partial charge in [-0.25, -0.2) is 4.99 Å². The van der Waals surface area contributed by atoms with E-state index in [9.17, 15) is 14.7 Å². The second-order valence-electron chi connectivity index (χ2n) is 6.20. The maximum Gasteiger partial charge on any atom is 0.300 e. The first kappa shape index (κ1) is 19.5. The van der Waals surface area contributed by atoms with E-state index in [0.717, 1.165) is 16.4 Å². The van der Waals surface area contributed by atoms with E-state index in [2.05, 4.69) is 19.8 Å². The van der Waals surface area contributed by atoms with Crippen molar-refractivity contribution in [2.24, 2.45) is 12.0 Å². The Bertz CT molecular complexity index is 1140. The second-order valence-corrected chi connectivity index (χ2v) is 7.14. The zero-order valence-corrected chi connectivity index (χ0v) is 16.6. The standard InChI is InChI=1S/C20H15N5O4S/c1-24-17(19(28)29-23-24)16(26)12-30-20-22-15(11-13-7-5-6-10-21-13)18(27)25(20)14-8-3-2-4-9-14/h2-11H,12H2,1H3/b15-11+. The summed E-state index contributed by atoms with van der Waals surface area (Å²) in [5.74, 6) is -1.72. The monoisotopic (exact) mass is 421 g/mol. The highest BCUT2D eigenvalue weighted by Gasteiger charge is 2.33. The number of amidine groups is 1. The lowest BCUT2D eigenvalue weighted by atomic mass is 10.2. The van der Waals surface area contributed by atoms with Gasteiger partial charge in [0.15, 0.2) is 18.2 Å². The van der Waals surface area contributed by atoms with Crippen LogP contribution in [-0.2, 0) is 11.8 Å². The van der Waals surface area contributed by atoms with Crippen LogP contribution in [0, 0.1) is 0 Å². The molecule has 30 heavy (non-hydrogen) atoms. The Morgan fingerprint density at radius 1 is 1.23 bits per heavy atom. The van der Waals surface area contributed by atoms with Crippen LogP contribution in [0.2, 0.25) is 0 Å². The predicted octanol–water partition coefficient (Wildman–Crippen LogP) is 1.33. The average molecular weight is 421 g/mol. The van der Waals surface area contributed by atoms with Crippen LogP contribution >= 0.6 is 11.8 Å². The Hall–Kier alpha value is -3.79. The molecule has 0 N–H and O–H groups in total. The summed E-state index contributed by atoms with van der Waals surface area (Å²) >= 11 is 1.05. The van der Waals surface area contributed by atoms with Crippen LogP contribution in [0.1, 0.15) is 16.2 Å². The number of benzene rings is 1. The minimum atomic E-state index is -0.803. The first-order valence-electron chi connectivity index (χ1n) is 8.84. The number of nitrogens with zero attached hydrogens (tertiary/aromatic N) is 5. The third kappa shape index (κ3) is 3.85. The van der Waals surface area contributed by atoms with E-state index in [-0.39, 0.29) is 23.1 Å². The fraction of sp³-hybridized carbons (Fsp3) is 0.100. The van der Waals surface area contributed by atoms with Crippen LogP contribution in [0.25, 0.3) is 6.08 Å². The van der Waals surface area contributed by atoms with Gasteiger partial charge in [-0.1, -0.05) is 40.7 Å². The zero-order valence-electron chi connectivity index (χ0n) is 15.8. The van der Waals surface area contributed by atoms with E-state index in [1.54, 1.807) is 48.7 Å². The molecule has 0 aliphatic carbocycles. The molecule has 1 aliphatic rings. The normalized spacial score (nSPS) is 15.0. The van der Waals surface area contributed by atoms with Gasteiger partial charge in [0.25, 0.3) is 11.6 Å². The first-order valence-corrected chi connectivity index (χ1v) is 9.83. The summed E-state index contributed by atoms with van der Waals surface area (Å²) in [6, 6.07) is 14.3. The van der Waals surface area contributed by atoms with Crippen molar-refractivity contribution < 1.29 is 23.9 Å². The van der Waals surface area contributed by atoms with Gasteiger partial charge in [-0.2, -0.15) is 0 Å².